The van der Waals surface area contributed by atoms with Crippen LogP contribution in [-0.4, -0.2) is 20.2 Å². The van der Waals surface area contributed by atoms with Gasteiger partial charge in [-0.2, -0.15) is 0 Å². The lowest BCUT2D eigenvalue weighted by molar-refractivity contribution is -0.146. The Morgan fingerprint density at radius 1 is 1.13 bits per heavy atom. The fourth-order valence-electron chi connectivity index (χ4n) is 6.18. The molecule has 0 heterocycles. The number of hydrogen-bond acceptors (Lipinski definition) is 2. The summed E-state index contributed by atoms with van der Waals surface area (Å²) in [5.41, 5.74) is 0.159. The van der Waals surface area contributed by atoms with Crippen LogP contribution in [0.4, 0.5) is 0 Å². The minimum atomic E-state index is -1.79. The second kappa shape index (κ2) is 4.72. The maximum atomic E-state index is 13.1. The molecule has 0 saturated heterocycles. The summed E-state index contributed by atoms with van der Waals surface area (Å²) in [6, 6.07) is 0. The lowest BCUT2D eigenvalue weighted by Crippen LogP contribution is -2.52. The number of ketones is 1. The zero-order valence-electron chi connectivity index (χ0n) is 16.5. The van der Waals surface area contributed by atoms with Crippen LogP contribution in [-0.2, 0) is 9.22 Å². The molecule has 3 saturated carbocycles. The van der Waals surface area contributed by atoms with Crippen molar-refractivity contribution in [3.05, 3.63) is 0 Å². The minimum absolute atomic E-state index is 0.122. The van der Waals surface area contributed by atoms with Gasteiger partial charge in [0.1, 0.15) is 5.78 Å². The van der Waals surface area contributed by atoms with E-state index in [1.54, 1.807) is 0 Å². The topological polar surface area (TPSA) is 26.3 Å². The standard InChI is InChI=1S/C20H36O2Si/c1-17(2,3)23(7,8)22-15-13-20-16(21)12-14(15)19(20,6)11-9-10-18(20,4)5/h14-15H,9-13H2,1-8H3/t14-,15+,19+,20-/m0/s1. The van der Waals surface area contributed by atoms with E-state index in [2.05, 4.69) is 54.6 Å². The highest BCUT2D eigenvalue weighted by Gasteiger charge is 2.75. The maximum absolute atomic E-state index is 13.1. The van der Waals surface area contributed by atoms with E-state index < -0.39 is 8.32 Å². The molecule has 4 atom stereocenters. The Balaban J connectivity index is 1.97. The van der Waals surface area contributed by atoms with Crippen molar-refractivity contribution in [1.82, 2.24) is 0 Å². The van der Waals surface area contributed by atoms with Crippen molar-refractivity contribution in [3.8, 4) is 0 Å². The third-order valence-corrected chi connectivity index (χ3v) is 13.0. The highest BCUT2D eigenvalue weighted by atomic mass is 28.4. The summed E-state index contributed by atoms with van der Waals surface area (Å²) >= 11 is 0. The van der Waals surface area contributed by atoms with Gasteiger partial charge in [0, 0.05) is 17.9 Å². The molecule has 0 radical (unpaired) electrons. The normalized spacial score (nSPS) is 42.9. The van der Waals surface area contributed by atoms with Crippen molar-refractivity contribution in [2.45, 2.75) is 97.9 Å². The van der Waals surface area contributed by atoms with E-state index in [0.29, 0.717) is 17.8 Å². The van der Waals surface area contributed by atoms with E-state index in [-0.39, 0.29) is 21.3 Å². The SMILES string of the molecule is CC1(C)CCC[C@]2(C)[C@H]3CC(=O)[C@@]12C[C@H]3O[Si](C)(C)C(C)(C)C. The zero-order valence-corrected chi connectivity index (χ0v) is 17.5. The van der Waals surface area contributed by atoms with Crippen LogP contribution in [0.5, 0.6) is 0 Å². The molecule has 2 bridgehead atoms. The number of hydrogen-bond donors (Lipinski definition) is 0. The van der Waals surface area contributed by atoms with Crippen LogP contribution in [0.15, 0.2) is 0 Å². The van der Waals surface area contributed by atoms with Crippen molar-refractivity contribution >= 4 is 14.1 Å². The fraction of sp³-hybridized carbons (Fsp3) is 0.950. The first-order valence-corrected chi connectivity index (χ1v) is 12.4. The van der Waals surface area contributed by atoms with Gasteiger partial charge in [0.2, 0.25) is 0 Å². The molecule has 0 unspecified atom stereocenters. The monoisotopic (exact) mass is 336 g/mol. The predicted octanol–water partition coefficient (Wildman–Crippen LogP) is 5.57. The molecule has 0 spiro atoms. The van der Waals surface area contributed by atoms with Gasteiger partial charge in [0.05, 0.1) is 0 Å². The van der Waals surface area contributed by atoms with Gasteiger partial charge in [-0.15, -0.1) is 0 Å². The fourth-order valence-corrected chi connectivity index (χ4v) is 7.54. The zero-order chi connectivity index (χ0) is 17.5. The van der Waals surface area contributed by atoms with E-state index in [1.807, 2.05) is 0 Å². The summed E-state index contributed by atoms with van der Waals surface area (Å²) in [6.07, 6.45) is 5.71. The van der Waals surface area contributed by atoms with Crippen LogP contribution in [0.25, 0.3) is 0 Å². The van der Waals surface area contributed by atoms with Crippen LogP contribution >= 0.6 is 0 Å². The molecule has 0 aromatic carbocycles. The average Bonchev–Trinajstić information content (AvgIpc) is 2.72. The van der Waals surface area contributed by atoms with Crippen molar-refractivity contribution in [2.75, 3.05) is 0 Å². The summed E-state index contributed by atoms with van der Waals surface area (Å²) in [6.45, 7) is 18.8. The van der Waals surface area contributed by atoms with Gasteiger partial charge in [0.15, 0.2) is 8.32 Å². The van der Waals surface area contributed by atoms with Gasteiger partial charge in [-0.25, -0.2) is 0 Å². The highest BCUT2D eigenvalue weighted by Crippen LogP contribution is 2.75. The van der Waals surface area contributed by atoms with E-state index in [9.17, 15) is 4.79 Å². The molecule has 0 amide bonds. The molecule has 2 nitrogen and oxygen atoms in total. The van der Waals surface area contributed by atoms with Gasteiger partial charge in [-0.05, 0) is 54.1 Å². The van der Waals surface area contributed by atoms with E-state index in [0.717, 1.165) is 12.8 Å². The summed E-state index contributed by atoms with van der Waals surface area (Å²) in [5.74, 6) is 0.994. The third kappa shape index (κ3) is 2.05. The van der Waals surface area contributed by atoms with Crippen molar-refractivity contribution in [1.29, 1.82) is 0 Å². The van der Waals surface area contributed by atoms with Crippen molar-refractivity contribution in [2.24, 2.45) is 22.2 Å². The first-order valence-electron chi connectivity index (χ1n) is 9.50. The van der Waals surface area contributed by atoms with Gasteiger partial charge >= 0.3 is 0 Å². The molecule has 132 valence electrons. The molecule has 23 heavy (non-hydrogen) atoms. The molecule has 3 heteroatoms. The Hall–Kier alpha value is -0.153. The first kappa shape index (κ1) is 17.7. The Labute approximate surface area is 143 Å². The quantitative estimate of drug-likeness (QED) is 0.616. The largest absolute Gasteiger partial charge is 0.414 e. The number of rotatable bonds is 2. The molecule has 0 N–H and O–H groups in total. The van der Waals surface area contributed by atoms with Crippen LogP contribution < -0.4 is 0 Å². The van der Waals surface area contributed by atoms with E-state index in [4.69, 9.17) is 4.43 Å². The first-order chi connectivity index (χ1) is 10.3. The van der Waals surface area contributed by atoms with Gasteiger partial charge in [0.25, 0.3) is 0 Å². The van der Waals surface area contributed by atoms with Crippen LogP contribution in [0.3, 0.4) is 0 Å². The van der Waals surface area contributed by atoms with Gasteiger partial charge in [-0.1, -0.05) is 48.0 Å². The molecule has 0 aromatic heterocycles. The van der Waals surface area contributed by atoms with Gasteiger partial charge in [-0.3, -0.25) is 4.79 Å². The molecule has 3 rings (SSSR count). The van der Waals surface area contributed by atoms with E-state index in [1.165, 1.54) is 19.3 Å². The molecule has 3 aliphatic carbocycles. The number of carbonyl (C=O) groups is 1. The lowest BCUT2D eigenvalue weighted by Gasteiger charge is -2.54. The van der Waals surface area contributed by atoms with Crippen molar-refractivity contribution < 1.29 is 9.22 Å². The lowest BCUT2D eigenvalue weighted by atomic mass is 9.48. The maximum Gasteiger partial charge on any atom is 0.192 e. The van der Waals surface area contributed by atoms with Crippen LogP contribution in [0, 0.1) is 22.2 Å². The van der Waals surface area contributed by atoms with Crippen LogP contribution in [0.2, 0.25) is 18.1 Å². The second-order valence-electron chi connectivity index (χ2n) is 10.9. The Kier molecular flexibility index (Phi) is 3.63. The summed E-state index contributed by atoms with van der Waals surface area (Å²) < 4.78 is 6.88. The van der Waals surface area contributed by atoms with Crippen molar-refractivity contribution in [3.63, 3.8) is 0 Å². The Morgan fingerprint density at radius 2 is 1.74 bits per heavy atom. The molecule has 0 aromatic rings. The minimum Gasteiger partial charge on any atom is -0.414 e. The second-order valence-corrected chi connectivity index (χ2v) is 15.7. The Morgan fingerprint density at radius 3 is 2.26 bits per heavy atom. The smallest absolute Gasteiger partial charge is 0.192 e. The summed E-state index contributed by atoms with van der Waals surface area (Å²) in [5, 5.41) is 0.234. The van der Waals surface area contributed by atoms with E-state index >= 15 is 0 Å². The van der Waals surface area contributed by atoms with Crippen LogP contribution in [0.1, 0.15) is 73.6 Å². The highest BCUT2D eigenvalue weighted by molar-refractivity contribution is 6.74. The molecule has 3 fully saturated rings. The predicted molar refractivity (Wildman–Crippen MR) is 98.0 cm³/mol. The Bertz CT molecular complexity index is 530. The summed E-state index contributed by atoms with van der Waals surface area (Å²) in [7, 11) is -1.79. The molecule has 0 aliphatic heterocycles. The average molecular weight is 337 g/mol. The number of Topliss-reactive ketones (excluding diaryl/α,β-unsaturated/α-hetero) is 1. The number of carbonyl (C=O) groups excluding carboxylic acids is 1. The molecular formula is C20H36O2Si. The summed E-state index contributed by atoms with van der Waals surface area (Å²) in [4.78, 5) is 13.1. The third-order valence-electron chi connectivity index (χ3n) is 8.54. The molecular weight excluding hydrogens is 300 g/mol. The van der Waals surface area contributed by atoms with Gasteiger partial charge < -0.3 is 4.43 Å². The molecule has 3 aliphatic rings.